The highest BCUT2D eigenvalue weighted by molar-refractivity contribution is 7.89. The predicted octanol–water partition coefficient (Wildman–Crippen LogP) is 4.09. The van der Waals surface area contributed by atoms with E-state index in [1.54, 1.807) is 6.07 Å². The van der Waals surface area contributed by atoms with E-state index in [9.17, 15) is 12.8 Å². The van der Waals surface area contributed by atoms with E-state index in [1.807, 2.05) is 42.5 Å². The number of hydrogen-bond donors (Lipinski definition) is 0. The molecule has 0 aromatic heterocycles. The summed E-state index contributed by atoms with van der Waals surface area (Å²) in [6, 6.07) is 19.1. The fraction of sp³-hybridized carbons (Fsp3) is 0.111. The Morgan fingerprint density at radius 1 is 0.818 bits per heavy atom. The fourth-order valence-corrected chi connectivity index (χ4v) is 4.10. The third kappa shape index (κ3) is 3.34. The minimum atomic E-state index is -3.36. The van der Waals surface area contributed by atoms with Crippen LogP contribution >= 0.6 is 0 Å². The predicted molar refractivity (Wildman–Crippen MR) is 86.7 cm³/mol. The molecule has 0 atom stereocenters. The van der Waals surface area contributed by atoms with Gasteiger partial charge in [-0.3, -0.25) is 0 Å². The van der Waals surface area contributed by atoms with Gasteiger partial charge in [0.05, 0.1) is 11.5 Å². The van der Waals surface area contributed by atoms with Crippen molar-refractivity contribution in [1.29, 1.82) is 0 Å². The highest BCUT2D eigenvalue weighted by Crippen LogP contribution is 2.22. The Balaban J connectivity index is 1.90. The molecule has 4 heteroatoms. The molecule has 3 aromatic rings. The van der Waals surface area contributed by atoms with Crippen molar-refractivity contribution in [2.24, 2.45) is 0 Å². The van der Waals surface area contributed by atoms with E-state index in [0.717, 1.165) is 16.3 Å². The Bertz CT molecular complexity index is 912. The molecular weight excluding hydrogens is 299 g/mol. The molecular formula is C18H15FO2S. The van der Waals surface area contributed by atoms with Gasteiger partial charge in [0.2, 0.25) is 0 Å². The first-order valence-electron chi connectivity index (χ1n) is 6.95. The highest BCUT2D eigenvalue weighted by Gasteiger charge is 2.15. The maximum atomic E-state index is 13.2. The summed E-state index contributed by atoms with van der Waals surface area (Å²) in [6.07, 6.45) is 0. The quantitative estimate of drug-likeness (QED) is 0.727. The standard InChI is InChI=1S/C18H15FO2S/c19-17-9-3-5-14(11-17)12-22(20,21)13-16-8-4-7-15-6-1-2-10-18(15)16/h1-11H,12-13H2. The number of hydrogen-bond acceptors (Lipinski definition) is 2. The van der Waals surface area contributed by atoms with Gasteiger partial charge in [-0.25, -0.2) is 12.8 Å². The van der Waals surface area contributed by atoms with E-state index in [-0.39, 0.29) is 11.5 Å². The summed E-state index contributed by atoms with van der Waals surface area (Å²) < 4.78 is 38.0. The number of benzene rings is 3. The Morgan fingerprint density at radius 3 is 2.36 bits per heavy atom. The van der Waals surface area contributed by atoms with Gasteiger partial charge < -0.3 is 0 Å². The van der Waals surface area contributed by atoms with Crippen LogP contribution in [0.15, 0.2) is 66.7 Å². The van der Waals surface area contributed by atoms with Crippen molar-refractivity contribution < 1.29 is 12.8 Å². The Morgan fingerprint density at radius 2 is 1.55 bits per heavy atom. The van der Waals surface area contributed by atoms with Crippen LogP contribution in [0.25, 0.3) is 10.8 Å². The van der Waals surface area contributed by atoms with Crippen molar-refractivity contribution in [1.82, 2.24) is 0 Å². The third-order valence-corrected chi connectivity index (χ3v) is 5.05. The minimum Gasteiger partial charge on any atom is -0.228 e. The van der Waals surface area contributed by atoms with E-state index < -0.39 is 15.7 Å². The SMILES string of the molecule is O=S(=O)(Cc1cccc(F)c1)Cc1cccc2ccccc12. The molecule has 2 nitrogen and oxygen atoms in total. The van der Waals surface area contributed by atoms with Crippen LogP contribution in [0, 0.1) is 5.82 Å². The first-order valence-corrected chi connectivity index (χ1v) is 8.77. The molecule has 0 aliphatic rings. The minimum absolute atomic E-state index is 0.0507. The molecule has 0 aliphatic carbocycles. The molecule has 0 fully saturated rings. The monoisotopic (exact) mass is 314 g/mol. The van der Waals surface area contributed by atoms with E-state index in [4.69, 9.17) is 0 Å². The molecule has 0 spiro atoms. The van der Waals surface area contributed by atoms with Gasteiger partial charge in [0.25, 0.3) is 0 Å². The molecule has 0 heterocycles. The molecule has 0 aliphatic heterocycles. The molecule has 112 valence electrons. The van der Waals surface area contributed by atoms with Crippen molar-refractivity contribution in [3.05, 3.63) is 83.7 Å². The van der Waals surface area contributed by atoms with Crippen LogP contribution in [0.4, 0.5) is 4.39 Å². The molecule has 3 rings (SSSR count). The van der Waals surface area contributed by atoms with Gasteiger partial charge in [-0.2, -0.15) is 0 Å². The molecule has 0 saturated heterocycles. The van der Waals surface area contributed by atoms with Gasteiger partial charge in [0, 0.05) is 0 Å². The van der Waals surface area contributed by atoms with Crippen molar-refractivity contribution in [3.63, 3.8) is 0 Å². The Kier molecular flexibility index (Phi) is 3.94. The summed E-state index contributed by atoms with van der Waals surface area (Å²) in [5.41, 5.74) is 1.25. The van der Waals surface area contributed by atoms with Gasteiger partial charge in [-0.15, -0.1) is 0 Å². The zero-order valence-electron chi connectivity index (χ0n) is 11.9. The summed E-state index contributed by atoms with van der Waals surface area (Å²) in [4.78, 5) is 0. The molecule has 0 radical (unpaired) electrons. The Labute approximate surface area is 129 Å². The maximum Gasteiger partial charge on any atom is 0.158 e. The van der Waals surface area contributed by atoms with Gasteiger partial charge in [-0.1, -0.05) is 54.6 Å². The molecule has 0 saturated carbocycles. The lowest BCUT2D eigenvalue weighted by molar-refractivity contribution is 0.594. The van der Waals surface area contributed by atoms with Crippen LogP contribution < -0.4 is 0 Å². The first-order chi connectivity index (χ1) is 10.5. The van der Waals surface area contributed by atoms with E-state index in [2.05, 4.69) is 0 Å². The third-order valence-electron chi connectivity index (χ3n) is 3.53. The normalized spacial score (nSPS) is 11.7. The van der Waals surface area contributed by atoms with Crippen LogP contribution in [0.2, 0.25) is 0 Å². The first kappa shape index (κ1) is 14.7. The van der Waals surface area contributed by atoms with Gasteiger partial charge in [0.1, 0.15) is 5.82 Å². The van der Waals surface area contributed by atoms with Crippen molar-refractivity contribution >= 4 is 20.6 Å². The lowest BCUT2D eigenvalue weighted by Gasteiger charge is -2.08. The number of sulfone groups is 1. The maximum absolute atomic E-state index is 13.2. The molecule has 0 unspecified atom stereocenters. The second-order valence-corrected chi connectivity index (χ2v) is 7.36. The zero-order chi connectivity index (χ0) is 15.6. The van der Waals surface area contributed by atoms with Crippen LogP contribution in [0.5, 0.6) is 0 Å². The Hall–Kier alpha value is -2.20. The average Bonchev–Trinajstić information content (AvgIpc) is 2.47. The topological polar surface area (TPSA) is 34.1 Å². The summed E-state index contributed by atoms with van der Waals surface area (Å²) in [6.45, 7) is 0. The smallest absolute Gasteiger partial charge is 0.158 e. The molecule has 22 heavy (non-hydrogen) atoms. The average molecular weight is 314 g/mol. The number of fused-ring (bicyclic) bond motifs is 1. The van der Waals surface area contributed by atoms with E-state index in [0.29, 0.717) is 5.56 Å². The molecule has 3 aromatic carbocycles. The number of halogens is 1. The van der Waals surface area contributed by atoms with Gasteiger partial charge in [-0.05, 0) is 34.0 Å². The van der Waals surface area contributed by atoms with Crippen LogP contribution in [0.3, 0.4) is 0 Å². The lowest BCUT2D eigenvalue weighted by Crippen LogP contribution is -2.08. The number of rotatable bonds is 4. The summed E-state index contributed by atoms with van der Waals surface area (Å²) >= 11 is 0. The van der Waals surface area contributed by atoms with E-state index >= 15 is 0 Å². The second-order valence-electron chi connectivity index (χ2n) is 5.30. The summed E-state index contributed by atoms with van der Waals surface area (Å²) in [5, 5.41) is 1.95. The summed E-state index contributed by atoms with van der Waals surface area (Å²) in [7, 11) is -3.36. The summed E-state index contributed by atoms with van der Waals surface area (Å²) in [5.74, 6) is -0.628. The lowest BCUT2D eigenvalue weighted by atomic mass is 10.1. The fourth-order valence-electron chi connectivity index (χ4n) is 2.59. The van der Waals surface area contributed by atoms with Crippen LogP contribution in [-0.2, 0) is 21.3 Å². The second kappa shape index (κ2) is 5.89. The van der Waals surface area contributed by atoms with Crippen molar-refractivity contribution in [3.8, 4) is 0 Å². The van der Waals surface area contributed by atoms with E-state index in [1.165, 1.54) is 18.2 Å². The van der Waals surface area contributed by atoms with Crippen LogP contribution in [0.1, 0.15) is 11.1 Å². The molecule has 0 N–H and O–H groups in total. The largest absolute Gasteiger partial charge is 0.228 e. The van der Waals surface area contributed by atoms with Crippen LogP contribution in [-0.4, -0.2) is 8.42 Å². The highest BCUT2D eigenvalue weighted by atomic mass is 32.2. The van der Waals surface area contributed by atoms with Gasteiger partial charge in [0.15, 0.2) is 9.84 Å². The van der Waals surface area contributed by atoms with Gasteiger partial charge >= 0.3 is 0 Å². The molecule has 0 amide bonds. The zero-order valence-corrected chi connectivity index (χ0v) is 12.7. The van der Waals surface area contributed by atoms with Crippen molar-refractivity contribution in [2.75, 3.05) is 0 Å². The van der Waals surface area contributed by atoms with Crippen molar-refractivity contribution in [2.45, 2.75) is 11.5 Å². The molecule has 0 bridgehead atoms.